The largest absolute Gasteiger partial charge is 0.379 e. The molecule has 0 bridgehead atoms. The van der Waals surface area contributed by atoms with Crippen LogP contribution in [0.15, 0.2) is 53.6 Å². The Kier molecular flexibility index (Phi) is 6.46. The molecule has 1 aliphatic heterocycles. The molecule has 8 heteroatoms. The number of ether oxygens (including phenoxy) is 1. The van der Waals surface area contributed by atoms with Crippen LogP contribution in [0, 0.1) is 0 Å². The summed E-state index contributed by atoms with van der Waals surface area (Å²) in [5.74, 6) is -0.219. The normalized spacial score (nSPS) is 14.7. The number of amides is 1. The lowest BCUT2D eigenvalue weighted by molar-refractivity contribution is -0.122. The van der Waals surface area contributed by atoms with Gasteiger partial charge >= 0.3 is 0 Å². The lowest BCUT2D eigenvalue weighted by Gasteiger charge is -2.26. The summed E-state index contributed by atoms with van der Waals surface area (Å²) < 4.78 is 6.60. The summed E-state index contributed by atoms with van der Waals surface area (Å²) >= 11 is 0. The van der Waals surface area contributed by atoms with Gasteiger partial charge in [0, 0.05) is 50.4 Å². The molecule has 2 aromatic heterocycles. The Morgan fingerprint density at radius 1 is 1.07 bits per heavy atom. The van der Waals surface area contributed by atoms with E-state index in [0.717, 1.165) is 49.5 Å². The number of carbonyl (C=O) groups is 1. The molecule has 1 N–H and O–H groups in total. The van der Waals surface area contributed by atoms with E-state index in [9.17, 15) is 9.59 Å². The molecule has 0 radical (unpaired) electrons. The molecular weight excluding hydrogens is 382 g/mol. The van der Waals surface area contributed by atoms with Crippen molar-refractivity contribution in [2.45, 2.75) is 13.0 Å². The van der Waals surface area contributed by atoms with E-state index < -0.39 is 0 Å². The van der Waals surface area contributed by atoms with Gasteiger partial charge in [0.25, 0.3) is 5.56 Å². The zero-order chi connectivity index (χ0) is 20.8. The van der Waals surface area contributed by atoms with Gasteiger partial charge in [-0.25, -0.2) is 4.68 Å². The Hall–Kier alpha value is -3.10. The highest BCUT2D eigenvalue weighted by Gasteiger charge is 2.14. The van der Waals surface area contributed by atoms with Gasteiger partial charge in [0.2, 0.25) is 5.91 Å². The number of hydrogen-bond donors (Lipinski definition) is 1. The molecular formula is C22H25N5O3. The summed E-state index contributed by atoms with van der Waals surface area (Å²) in [6.07, 6.45) is 4.02. The van der Waals surface area contributed by atoms with Gasteiger partial charge in [0.1, 0.15) is 6.54 Å². The number of hydrogen-bond acceptors (Lipinski definition) is 6. The molecule has 3 heterocycles. The van der Waals surface area contributed by atoms with Gasteiger partial charge in [-0.2, -0.15) is 5.10 Å². The molecule has 8 nitrogen and oxygen atoms in total. The summed E-state index contributed by atoms with van der Waals surface area (Å²) in [6, 6.07) is 11.2. The molecule has 1 saturated heterocycles. The molecule has 0 saturated carbocycles. The summed E-state index contributed by atoms with van der Waals surface area (Å²) in [5, 5.41) is 8.80. The van der Waals surface area contributed by atoms with Crippen molar-refractivity contribution in [1.82, 2.24) is 25.0 Å². The molecule has 1 aliphatic rings. The fourth-order valence-corrected chi connectivity index (χ4v) is 3.61. The summed E-state index contributed by atoms with van der Waals surface area (Å²) in [5.41, 5.74) is 1.55. The fourth-order valence-electron chi connectivity index (χ4n) is 3.61. The topological polar surface area (TPSA) is 89.3 Å². The molecule has 1 aromatic carbocycles. The first-order valence-corrected chi connectivity index (χ1v) is 10.1. The number of carbonyl (C=O) groups excluding carboxylic acids is 1. The highest BCUT2D eigenvalue weighted by atomic mass is 16.5. The molecule has 1 fully saturated rings. The first-order chi connectivity index (χ1) is 14.7. The molecule has 0 spiro atoms. The van der Waals surface area contributed by atoms with Crippen molar-refractivity contribution in [2.75, 3.05) is 39.4 Å². The number of morpholine rings is 1. The number of nitrogens with zero attached hydrogens (tertiary/aromatic N) is 4. The molecule has 3 aromatic rings. The van der Waals surface area contributed by atoms with E-state index in [4.69, 9.17) is 4.74 Å². The van der Waals surface area contributed by atoms with Crippen LogP contribution < -0.4 is 10.9 Å². The standard InChI is InChI=1S/C22H25N5O3/c28-21(24-9-10-26-11-13-30-14-12-26)16-27-22(29)19-4-2-1-3-18(19)20(25-27)15-17-5-7-23-8-6-17/h1-8H,9-16H2,(H,24,28). The maximum atomic E-state index is 12.9. The van der Waals surface area contributed by atoms with E-state index in [-0.39, 0.29) is 18.0 Å². The molecule has 0 unspecified atom stereocenters. The highest BCUT2D eigenvalue weighted by molar-refractivity contribution is 5.84. The Morgan fingerprint density at radius 3 is 2.57 bits per heavy atom. The van der Waals surface area contributed by atoms with Gasteiger partial charge in [-0.3, -0.25) is 19.5 Å². The number of pyridine rings is 1. The predicted octanol–water partition coefficient (Wildman–Crippen LogP) is 0.831. The van der Waals surface area contributed by atoms with E-state index in [1.54, 1.807) is 18.5 Å². The molecule has 1 amide bonds. The number of fused-ring (bicyclic) bond motifs is 1. The lowest BCUT2D eigenvalue weighted by atomic mass is 10.1. The summed E-state index contributed by atoms with van der Waals surface area (Å²) in [4.78, 5) is 31.6. The third kappa shape index (κ3) is 4.90. The van der Waals surface area contributed by atoms with Gasteiger partial charge in [-0.15, -0.1) is 0 Å². The zero-order valence-electron chi connectivity index (χ0n) is 16.8. The molecule has 30 heavy (non-hydrogen) atoms. The first-order valence-electron chi connectivity index (χ1n) is 10.1. The molecule has 4 rings (SSSR count). The number of benzene rings is 1. The van der Waals surface area contributed by atoms with Gasteiger partial charge in [-0.1, -0.05) is 18.2 Å². The van der Waals surface area contributed by atoms with Gasteiger partial charge in [0.15, 0.2) is 0 Å². The van der Waals surface area contributed by atoms with Crippen LogP contribution in [0.3, 0.4) is 0 Å². The second kappa shape index (κ2) is 9.60. The van der Waals surface area contributed by atoms with E-state index in [1.807, 2.05) is 30.3 Å². The summed E-state index contributed by atoms with van der Waals surface area (Å²) in [7, 11) is 0. The SMILES string of the molecule is O=C(Cn1nc(Cc2ccncc2)c2ccccc2c1=O)NCCN1CCOCC1. The van der Waals surface area contributed by atoms with E-state index in [2.05, 4.69) is 20.3 Å². The Labute approximate surface area is 174 Å². The monoisotopic (exact) mass is 407 g/mol. The minimum atomic E-state index is -0.257. The second-order valence-corrected chi connectivity index (χ2v) is 7.29. The van der Waals surface area contributed by atoms with E-state index in [1.165, 1.54) is 4.68 Å². The third-order valence-electron chi connectivity index (χ3n) is 5.21. The van der Waals surface area contributed by atoms with Crippen LogP contribution in [-0.4, -0.2) is 65.0 Å². The van der Waals surface area contributed by atoms with E-state index >= 15 is 0 Å². The van der Waals surface area contributed by atoms with Crippen molar-refractivity contribution in [3.05, 3.63) is 70.4 Å². The predicted molar refractivity (Wildman–Crippen MR) is 113 cm³/mol. The van der Waals surface area contributed by atoms with Crippen LogP contribution >= 0.6 is 0 Å². The van der Waals surface area contributed by atoms with Crippen LogP contribution in [0.2, 0.25) is 0 Å². The Balaban J connectivity index is 1.49. The van der Waals surface area contributed by atoms with Crippen LogP contribution in [0.5, 0.6) is 0 Å². The van der Waals surface area contributed by atoms with Crippen LogP contribution in [-0.2, 0) is 22.5 Å². The smallest absolute Gasteiger partial charge is 0.275 e. The van der Waals surface area contributed by atoms with Crippen molar-refractivity contribution < 1.29 is 9.53 Å². The quantitative estimate of drug-likeness (QED) is 0.624. The van der Waals surface area contributed by atoms with Gasteiger partial charge in [-0.05, 0) is 23.8 Å². The van der Waals surface area contributed by atoms with Crippen molar-refractivity contribution in [3.63, 3.8) is 0 Å². The Morgan fingerprint density at radius 2 is 1.80 bits per heavy atom. The molecule has 156 valence electrons. The van der Waals surface area contributed by atoms with Crippen molar-refractivity contribution in [1.29, 1.82) is 0 Å². The average molecular weight is 407 g/mol. The third-order valence-corrected chi connectivity index (χ3v) is 5.21. The minimum absolute atomic E-state index is 0.101. The first kappa shape index (κ1) is 20.2. The summed E-state index contributed by atoms with van der Waals surface area (Å²) in [6.45, 7) is 4.40. The minimum Gasteiger partial charge on any atom is -0.379 e. The van der Waals surface area contributed by atoms with Gasteiger partial charge in [0.05, 0.1) is 24.3 Å². The number of aromatic nitrogens is 3. The number of rotatable bonds is 7. The zero-order valence-corrected chi connectivity index (χ0v) is 16.8. The van der Waals surface area contributed by atoms with Gasteiger partial charge < -0.3 is 10.1 Å². The van der Waals surface area contributed by atoms with Crippen molar-refractivity contribution in [3.8, 4) is 0 Å². The number of nitrogens with one attached hydrogen (secondary N) is 1. The van der Waals surface area contributed by atoms with E-state index in [0.29, 0.717) is 18.4 Å². The van der Waals surface area contributed by atoms with Crippen LogP contribution in [0.1, 0.15) is 11.3 Å². The van der Waals surface area contributed by atoms with Crippen molar-refractivity contribution in [2.24, 2.45) is 0 Å². The highest BCUT2D eigenvalue weighted by Crippen LogP contribution is 2.16. The maximum absolute atomic E-state index is 12.9. The second-order valence-electron chi connectivity index (χ2n) is 7.29. The fraction of sp³-hybridized carbons (Fsp3) is 0.364. The Bertz CT molecular complexity index is 1060. The van der Waals surface area contributed by atoms with Crippen LogP contribution in [0.25, 0.3) is 10.8 Å². The average Bonchev–Trinajstić information content (AvgIpc) is 2.78. The molecule has 0 aliphatic carbocycles. The lowest BCUT2D eigenvalue weighted by Crippen LogP contribution is -2.42. The van der Waals surface area contributed by atoms with Crippen molar-refractivity contribution >= 4 is 16.7 Å². The maximum Gasteiger partial charge on any atom is 0.275 e. The van der Waals surface area contributed by atoms with Crippen LogP contribution in [0.4, 0.5) is 0 Å². The molecule has 0 atom stereocenters.